The van der Waals surface area contributed by atoms with Gasteiger partial charge in [0.2, 0.25) is 0 Å². The fourth-order valence-corrected chi connectivity index (χ4v) is 4.75. The van der Waals surface area contributed by atoms with E-state index in [9.17, 15) is 4.79 Å². The Morgan fingerprint density at radius 1 is 1.26 bits per heavy atom. The van der Waals surface area contributed by atoms with Gasteiger partial charge in [0.05, 0.1) is 7.11 Å². The van der Waals surface area contributed by atoms with Gasteiger partial charge in [0.25, 0.3) is 0 Å². The lowest BCUT2D eigenvalue weighted by atomic mass is 9.93. The van der Waals surface area contributed by atoms with Crippen molar-refractivity contribution in [2.75, 3.05) is 20.2 Å². The lowest BCUT2D eigenvalue weighted by molar-refractivity contribution is 0.112. The second-order valence-corrected chi connectivity index (χ2v) is 8.07. The van der Waals surface area contributed by atoms with Gasteiger partial charge in [0, 0.05) is 51.1 Å². The number of nitrogens with zero attached hydrogens (tertiary/aromatic N) is 2. The predicted octanol–water partition coefficient (Wildman–Crippen LogP) is 5.31. The number of fused-ring (bicyclic) bond motifs is 1. The number of rotatable bonds is 3. The molecule has 0 unspecified atom stereocenters. The molecule has 0 radical (unpaired) electrons. The zero-order valence-corrected chi connectivity index (χ0v) is 16.5. The Morgan fingerprint density at radius 3 is 2.70 bits per heavy atom. The third-order valence-corrected chi connectivity index (χ3v) is 6.32. The Kier molecular flexibility index (Phi) is 5.27. The van der Waals surface area contributed by atoms with Crippen molar-refractivity contribution in [3.8, 4) is 0 Å². The summed E-state index contributed by atoms with van der Waals surface area (Å²) in [6, 6.07) is 11.9. The van der Waals surface area contributed by atoms with Gasteiger partial charge in [-0.05, 0) is 49.2 Å². The molecule has 27 heavy (non-hydrogen) atoms. The molecular weight excluding hydrogens is 382 g/mol. The monoisotopic (exact) mass is 401 g/mol. The minimum atomic E-state index is -0.248. The van der Waals surface area contributed by atoms with Crippen molar-refractivity contribution < 1.29 is 9.53 Å². The summed E-state index contributed by atoms with van der Waals surface area (Å²) in [6.07, 6.45) is 3.35. The Morgan fingerprint density at radius 2 is 2.00 bits per heavy atom. The van der Waals surface area contributed by atoms with Crippen LogP contribution in [0.2, 0.25) is 5.02 Å². The number of pyridine rings is 1. The smallest absolute Gasteiger partial charge is 0.409 e. The first-order chi connectivity index (χ1) is 13.2. The number of H-pyrrole nitrogens is 1. The molecule has 0 atom stereocenters. The van der Waals surface area contributed by atoms with Gasteiger partial charge in [-0.15, -0.1) is 0 Å². The van der Waals surface area contributed by atoms with Gasteiger partial charge in [-0.25, -0.2) is 9.78 Å². The second-order valence-electron chi connectivity index (χ2n) is 6.55. The van der Waals surface area contributed by atoms with Gasteiger partial charge >= 0.3 is 6.09 Å². The lowest BCUT2D eigenvalue weighted by Gasteiger charge is -2.31. The van der Waals surface area contributed by atoms with Gasteiger partial charge < -0.3 is 14.6 Å². The van der Waals surface area contributed by atoms with Gasteiger partial charge in [0.15, 0.2) is 0 Å². The van der Waals surface area contributed by atoms with Crippen LogP contribution in [0.5, 0.6) is 0 Å². The van der Waals surface area contributed by atoms with Crippen LogP contribution >= 0.6 is 23.4 Å². The molecular formula is C20H20ClN3O2S. The first kappa shape index (κ1) is 18.2. The zero-order valence-electron chi connectivity index (χ0n) is 14.9. The number of benzene rings is 1. The van der Waals surface area contributed by atoms with Crippen LogP contribution in [0.4, 0.5) is 4.79 Å². The molecule has 3 heterocycles. The highest BCUT2D eigenvalue weighted by atomic mass is 35.5. The summed E-state index contributed by atoms with van der Waals surface area (Å²) in [5.41, 5.74) is 2.10. The molecule has 140 valence electrons. The second kappa shape index (κ2) is 7.82. The van der Waals surface area contributed by atoms with Crippen molar-refractivity contribution in [1.82, 2.24) is 14.9 Å². The van der Waals surface area contributed by atoms with E-state index >= 15 is 0 Å². The number of aromatic nitrogens is 2. The highest BCUT2D eigenvalue weighted by Crippen LogP contribution is 2.42. The first-order valence-electron chi connectivity index (χ1n) is 8.88. The van der Waals surface area contributed by atoms with E-state index in [-0.39, 0.29) is 6.09 Å². The number of methoxy groups -OCH3 is 1. The van der Waals surface area contributed by atoms with Crippen molar-refractivity contribution in [3.63, 3.8) is 0 Å². The molecule has 3 aromatic rings. The third-order valence-electron chi connectivity index (χ3n) is 4.92. The molecule has 1 N–H and O–H groups in total. The molecule has 1 fully saturated rings. The molecule has 0 spiro atoms. The number of amides is 1. The van der Waals surface area contributed by atoms with Crippen molar-refractivity contribution in [2.45, 2.75) is 28.6 Å². The number of ether oxygens (including phenoxy) is 1. The summed E-state index contributed by atoms with van der Waals surface area (Å²) in [7, 11) is 1.43. The molecule has 1 saturated heterocycles. The van der Waals surface area contributed by atoms with Crippen LogP contribution in [0.1, 0.15) is 24.5 Å². The maximum Gasteiger partial charge on any atom is 0.409 e. The van der Waals surface area contributed by atoms with E-state index in [1.165, 1.54) is 17.7 Å². The van der Waals surface area contributed by atoms with E-state index < -0.39 is 0 Å². The number of piperidine rings is 1. The summed E-state index contributed by atoms with van der Waals surface area (Å²) in [4.78, 5) is 23.9. The average Bonchev–Trinajstić information content (AvgIpc) is 3.08. The van der Waals surface area contributed by atoms with E-state index in [4.69, 9.17) is 16.3 Å². The fourth-order valence-electron chi connectivity index (χ4n) is 3.52. The number of aromatic amines is 1. The summed E-state index contributed by atoms with van der Waals surface area (Å²) in [5, 5.41) is 1.86. The SMILES string of the molecule is COC(=O)N1CCC(c2[nH]c3ncccc3c2Sc2ccc(Cl)cc2)CC1. The summed E-state index contributed by atoms with van der Waals surface area (Å²) in [6.45, 7) is 1.40. The van der Waals surface area contributed by atoms with Crippen molar-refractivity contribution >= 4 is 40.5 Å². The van der Waals surface area contributed by atoms with Gasteiger partial charge in [-0.2, -0.15) is 0 Å². The van der Waals surface area contributed by atoms with E-state index in [0.717, 1.165) is 33.8 Å². The molecule has 7 heteroatoms. The topological polar surface area (TPSA) is 58.2 Å². The summed E-state index contributed by atoms with van der Waals surface area (Å²) >= 11 is 7.75. The Hall–Kier alpha value is -2.18. The molecule has 2 aromatic heterocycles. The third kappa shape index (κ3) is 3.77. The lowest BCUT2D eigenvalue weighted by Crippen LogP contribution is -2.37. The predicted molar refractivity (Wildman–Crippen MR) is 108 cm³/mol. The van der Waals surface area contributed by atoms with Crippen molar-refractivity contribution in [2.24, 2.45) is 0 Å². The van der Waals surface area contributed by atoms with Gasteiger partial charge in [0.1, 0.15) is 5.65 Å². The van der Waals surface area contributed by atoms with Crippen LogP contribution in [-0.2, 0) is 4.74 Å². The molecule has 1 aromatic carbocycles. The number of likely N-dealkylation sites (tertiary alicyclic amines) is 1. The van der Waals surface area contributed by atoms with Crippen molar-refractivity contribution in [3.05, 3.63) is 53.3 Å². The quantitative estimate of drug-likeness (QED) is 0.645. The molecule has 0 bridgehead atoms. The largest absolute Gasteiger partial charge is 0.453 e. The van der Waals surface area contributed by atoms with E-state index in [1.807, 2.05) is 30.3 Å². The first-order valence-corrected chi connectivity index (χ1v) is 10.1. The minimum Gasteiger partial charge on any atom is -0.453 e. The fraction of sp³-hybridized carbons (Fsp3) is 0.300. The maximum atomic E-state index is 11.8. The van der Waals surface area contributed by atoms with Gasteiger partial charge in [-0.3, -0.25) is 0 Å². The highest BCUT2D eigenvalue weighted by molar-refractivity contribution is 7.99. The molecule has 1 aliphatic rings. The number of hydrogen-bond acceptors (Lipinski definition) is 4. The van der Waals surface area contributed by atoms with Crippen LogP contribution in [-0.4, -0.2) is 41.2 Å². The summed E-state index contributed by atoms with van der Waals surface area (Å²) in [5.74, 6) is 0.356. The standard InChI is InChI=1S/C20H20ClN3O2S/c1-26-20(25)24-11-8-13(9-12-24)17-18(16-3-2-10-22-19(16)23-17)27-15-6-4-14(21)5-7-15/h2-7,10,13H,8-9,11-12H2,1H3,(H,22,23). The number of carbonyl (C=O) groups is 1. The zero-order chi connectivity index (χ0) is 18.8. The van der Waals surface area contributed by atoms with Crippen LogP contribution in [0, 0.1) is 0 Å². The molecule has 1 amide bonds. The maximum absolute atomic E-state index is 11.8. The normalized spacial score (nSPS) is 15.3. The van der Waals surface area contributed by atoms with E-state index in [1.54, 1.807) is 22.9 Å². The number of nitrogens with one attached hydrogen (secondary N) is 1. The molecule has 0 aliphatic carbocycles. The number of halogens is 1. The number of carbonyl (C=O) groups excluding carboxylic acids is 1. The Bertz CT molecular complexity index is 950. The average molecular weight is 402 g/mol. The molecule has 1 aliphatic heterocycles. The minimum absolute atomic E-state index is 0.248. The highest BCUT2D eigenvalue weighted by Gasteiger charge is 2.28. The van der Waals surface area contributed by atoms with Crippen LogP contribution in [0.25, 0.3) is 11.0 Å². The molecule has 0 saturated carbocycles. The molecule has 4 rings (SSSR count). The Balaban J connectivity index is 1.64. The molecule has 5 nitrogen and oxygen atoms in total. The van der Waals surface area contributed by atoms with Crippen LogP contribution in [0.15, 0.2) is 52.4 Å². The summed E-state index contributed by atoms with van der Waals surface area (Å²) < 4.78 is 4.85. The van der Waals surface area contributed by atoms with Crippen molar-refractivity contribution in [1.29, 1.82) is 0 Å². The van der Waals surface area contributed by atoms with Gasteiger partial charge in [-0.1, -0.05) is 23.4 Å². The number of hydrogen-bond donors (Lipinski definition) is 1. The van der Waals surface area contributed by atoms with Crippen LogP contribution in [0.3, 0.4) is 0 Å². The van der Waals surface area contributed by atoms with E-state index in [2.05, 4.69) is 16.0 Å². The van der Waals surface area contributed by atoms with E-state index in [0.29, 0.717) is 19.0 Å². The Labute approximate surface area is 167 Å². The van der Waals surface area contributed by atoms with Crippen LogP contribution < -0.4 is 0 Å².